The quantitative estimate of drug-likeness (QED) is 0.868. The van der Waals surface area contributed by atoms with Crippen molar-refractivity contribution in [2.24, 2.45) is 4.99 Å². The van der Waals surface area contributed by atoms with Crippen LogP contribution in [0.1, 0.15) is 25.8 Å². The summed E-state index contributed by atoms with van der Waals surface area (Å²) in [6, 6.07) is 7.50. The molecular weight excluding hydrogens is 288 g/mol. The van der Waals surface area contributed by atoms with Gasteiger partial charge < -0.3 is 10.1 Å². The van der Waals surface area contributed by atoms with Crippen molar-refractivity contribution in [3.8, 4) is 5.75 Å². The van der Waals surface area contributed by atoms with Crippen LogP contribution in [0, 0.1) is 0 Å². The van der Waals surface area contributed by atoms with Crippen molar-refractivity contribution < 1.29 is 14.3 Å². The molecule has 6 heteroatoms. The highest BCUT2D eigenvalue weighted by atomic mass is 32.2. The van der Waals surface area contributed by atoms with Gasteiger partial charge in [-0.15, -0.1) is 0 Å². The number of hydrogen-bond donors (Lipinski definition) is 1. The van der Waals surface area contributed by atoms with E-state index in [9.17, 15) is 9.59 Å². The number of amidine groups is 1. The largest absolute Gasteiger partial charge is 0.494 e. The first kappa shape index (κ1) is 15.3. The minimum absolute atomic E-state index is 0.245. The number of amides is 2. The summed E-state index contributed by atoms with van der Waals surface area (Å²) in [7, 11) is 0. The topological polar surface area (TPSA) is 67.8 Å². The zero-order valence-electron chi connectivity index (χ0n) is 11.9. The van der Waals surface area contributed by atoms with Crippen LogP contribution in [-0.2, 0) is 9.59 Å². The van der Waals surface area contributed by atoms with Gasteiger partial charge >= 0.3 is 0 Å². The molecule has 0 saturated heterocycles. The van der Waals surface area contributed by atoms with E-state index in [1.807, 2.05) is 31.2 Å². The fraction of sp³-hybridized carbons (Fsp3) is 0.267. The van der Waals surface area contributed by atoms with Crippen molar-refractivity contribution in [3.05, 3.63) is 34.7 Å². The molecule has 21 heavy (non-hydrogen) atoms. The van der Waals surface area contributed by atoms with Gasteiger partial charge in [-0.25, -0.2) is 0 Å². The maximum absolute atomic E-state index is 11.8. The number of nitrogens with zero attached hydrogens (tertiary/aromatic N) is 1. The second-order valence-corrected chi connectivity index (χ2v) is 5.47. The number of nitrogens with one attached hydrogen (secondary N) is 1. The predicted octanol–water partition coefficient (Wildman–Crippen LogP) is 2.58. The second kappa shape index (κ2) is 7.08. The van der Waals surface area contributed by atoms with Crippen LogP contribution in [-0.4, -0.2) is 23.6 Å². The van der Waals surface area contributed by atoms with Gasteiger partial charge in [0.25, 0.3) is 5.91 Å². The lowest BCUT2D eigenvalue weighted by atomic mass is 10.2. The highest BCUT2D eigenvalue weighted by molar-refractivity contribution is 8.18. The average Bonchev–Trinajstić information content (AvgIpc) is 2.76. The molecule has 2 rings (SSSR count). The van der Waals surface area contributed by atoms with Crippen LogP contribution in [0.5, 0.6) is 5.75 Å². The maximum atomic E-state index is 11.8. The van der Waals surface area contributed by atoms with Crippen LogP contribution in [0.3, 0.4) is 0 Å². The molecule has 0 aromatic heterocycles. The normalized spacial score (nSPS) is 16.0. The van der Waals surface area contributed by atoms with E-state index in [0.29, 0.717) is 16.7 Å². The molecule has 0 spiro atoms. The van der Waals surface area contributed by atoms with E-state index in [2.05, 4.69) is 10.3 Å². The first-order valence-corrected chi connectivity index (χ1v) is 7.43. The number of carbonyl (C=O) groups excluding carboxylic acids is 2. The lowest BCUT2D eigenvalue weighted by molar-refractivity contribution is -0.117. The molecular formula is C15H16N2O3S. The van der Waals surface area contributed by atoms with Crippen LogP contribution in [0.15, 0.2) is 34.2 Å². The number of benzene rings is 1. The van der Waals surface area contributed by atoms with Crippen molar-refractivity contribution in [3.63, 3.8) is 0 Å². The molecule has 0 saturated carbocycles. The van der Waals surface area contributed by atoms with Crippen LogP contribution >= 0.6 is 11.8 Å². The van der Waals surface area contributed by atoms with Crippen molar-refractivity contribution in [2.45, 2.75) is 20.3 Å². The van der Waals surface area contributed by atoms with Gasteiger partial charge in [0, 0.05) is 6.92 Å². The number of rotatable bonds is 4. The van der Waals surface area contributed by atoms with Gasteiger partial charge in [0.05, 0.1) is 11.5 Å². The third-order valence-electron chi connectivity index (χ3n) is 2.53. The molecule has 0 atom stereocenters. The SMILES string of the molecule is CCCOc1cccc(/C=C2/SC(NC(C)=O)=NC2=O)c1. The lowest BCUT2D eigenvalue weighted by Crippen LogP contribution is -2.23. The monoisotopic (exact) mass is 304 g/mol. The molecule has 110 valence electrons. The Labute approximate surface area is 127 Å². The zero-order valence-corrected chi connectivity index (χ0v) is 12.7. The van der Waals surface area contributed by atoms with Crippen LogP contribution in [0.4, 0.5) is 0 Å². The molecule has 1 N–H and O–H groups in total. The minimum Gasteiger partial charge on any atom is -0.494 e. The minimum atomic E-state index is -0.344. The average molecular weight is 304 g/mol. The molecule has 0 bridgehead atoms. The number of thioether (sulfide) groups is 1. The van der Waals surface area contributed by atoms with Crippen molar-refractivity contribution in [2.75, 3.05) is 6.61 Å². The van der Waals surface area contributed by atoms with Crippen molar-refractivity contribution in [1.82, 2.24) is 5.32 Å². The fourth-order valence-corrected chi connectivity index (χ4v) is 2.54. The van der Waals surface area contributed by atoms with E-state index in [1.54, 1.807) is 6.08 Å². The van der Waals surface area contributed by atoms with Crippen LogP contribution < -0.4 is 10.1 Å². The van der Waals surface area contributed by atoms with E-state index >= 15 is 0 Å². The van der Waals surface area contributed by atoms with Crippen molar-refractivity contribution >= 4 is 34.8 Å². The van der Waals surface area contributed by atoms with Gasteiger partial charge in [-0.3, -0.25) is 9.59 Å². The Morgan fingerprint density at radius 2 is 2.29 bits per heavy atom. The van der Waals surface area contributed by atoms with E-state index < -0.39 is 0 Å². The summed E-state index contributed by atoms with van der Waals surface area (Å²) in [5, 5.41) is 2.83. The molecule has 1 aliphatic rings. The Kier molecular flexibility index (Phi) is 5.16. The summed E-state index contributed by atoms with van der Waals surface area (Å²) in [6.07, 6.45) is 2.68. The molecule has 1 aromatic rings. The van der Waals surface area contributed by atoms with Gasteiger partial charge in [0.1, 0.15) is 5.75 Å². The number of carbonyl (C=O) groups is 2. The number of aliphatic imine (C=N–C) groups is 1. The molecule has 1 aromatic carbocycles. The summed E-state index contributed by atoms with van der Waals surface area (Å²) in [6.45, 7) is 4.08. The summed E-state index contributed by atoms with van der Waals surface area (Å²) < 4.78 is 5.55. The summed E-state index contributed by atoms with van der Waals surface area (Å²) >= 11 is 1.15. The molecule has 0 unspecified atom stereocenters. The highest BCUT2D eigenvalue weighted by Crippen LogP contribution is 2.28. The Balaban J connectivity index is 2.10. The predicted molar refractivity (Wildman–Crippen MR) is 84.1 cm³/mol. The molecule has 5 nitrogen and oxygen atoms in total. The van der Waals surface area contributed by atoms with Gasteiger partial charge in [0.15, 0.2) is 5.17 Å². The Bertz CT molecular complexity index is 623. The first-order chi connectivity index (χ1) is 10.1. The van der Waals surface area contributed by atoms with Gasteiger partial charge in [-0.05, 0) is 42.0 Å². The standard InChI is InChI=1S/C15H16N2O3S/c1-3-7-20-12-6-4-5-11(8-12)9-13-14(19)17-15(21-13)16-10(2)18/h4-6,8-9H,3,7H2,1-2H3,(H,16,17,18,19)/b13-9+. The second-order valence-electron chi connectivity index (χ2n) is 4.43. The summed E-state index contributed by atoms with van der Waals surface area (Å²) in [5.41, 5.74) is 0.860. The van der Waals surface area contributed by atoms with Crippen LogP contribution in [0.25, 0.3) is 6.08 Å². The lowest BCUT2D eigenvalue weighted by Gasteiger charge is -2.05. The van der Waals surface area contributed by atoms with E-state index in [0.717, 1.165) is 29.5 Å². The Morgan fingerprint density at radius 3 is 3.00 bits per heavy atom. The molecule has 0 fully saturated rings. The fourth-order valence-electron chi connectivity index (χ4n) is 1.68. The third-order valence-corrected chi connectivity index (χ3v) is 3.43. The van der Waals surface area contributed by atoms with Gasteiger partial charge in [0.2, 0.25) is 5.91 Å². The zero-order chi connectivity index (χ0) is 15.2. The van der Waals surface area contributed by atoms with E-state index in [-0.39, 0.29) is 11.8 Å². The molecule has 1 aliphatic heterocycles. The molecule has 2 amide bonds. The van der Waals surface area contributed by atoms with E-state index in [4.69, 9.17) is 4.74 Å². The highest BCUT2D eigenvalue weighted by Gasteiger charge is 2.22. The van der Waals surface area contributed by atoms with Gasteiger partial charge in [-0.1, -0.05) is 19.1 Å². The first-order valence-electron chi connectivity index (χ1n) is 6.61. The molecule has 0 aliphatic carbocycles. The van der Waals surface area contributed by atoms with E-state index in [1.165, 1.54) is 6.92 Å². The smallest absolute Gasteiger partial charge is 0.286 e. The molecule has 0 radical (unpaired) electrons. The van der Waals surface area contributed by atoms with Gasteiger partial charge in [-0.2, -0.15) is 4.99 Å². The number of ether oxygens (including phenoxy) is 1. The Hall–Kier alpha value is -2.08. The molecule has 1 heterocycles. The van der Waals surface area contributed by atoms with Crippen molar-refractivity contribution in [1.29, 1.82) is 0 Å². The summed E-state index contributed by atoms with van der Waals surface area (Å²) in [4.78, 5) is 27.0. The third kappa shape index (κ3) is 4.46. The Morgan fingerprint density at radius 1 is 1.48 bits per heavy atom. The number of hydrogen-bond acceptors (Lipinski definition) is 4. The summed E-state index contributed by atoms with van der Waals surface area (Å²) in [5.74, 6) is 0.179. The maximum Gasteiger partial charge on any atom is 0.286 e. The van der Waals surface area contributed by atoms with Crippen LogP contribution in [0.2, 0.25) is 0 Å².